The van der Waals surface area contributed by atoms with E-state index < -0.39 is 5.54 Å². The van der Waals surface area contributed by atoms with Gasteiger partial charge in [-0.05, 0) is 38.0 Å². The van der Waals surface area contributed by atoms with Crippen molar-refractivity contribution in [1.29, 1.82) is 5.26 Å². The van der Waals surface area contributed by atoms with Gasteiger partial charge in [0.15, 0.2) is 4.34 Å². The Labute approximate surface area is 175 Å². The monoisotopic (exact) mass is 465 g/mol. The number of amides is 1. The molecule has 6 nitrogen and oxygen atoms in total. The van der Waals surface area contributed by atoms with Crippen LogP contribution >= 0.6 is 39.0 Å². The Morgan fingerprint density at radius 2 is 2.15 bits per heavy atom. The standard InChI is InChI=1S/C18H20BrN5OS2/c1-12(15(25)22-18(11-20)8-3-2-4-9-18)26-17-24-23-16(27-17)21-14-7-5-6-13(19)10-14/h5-7,10,12H,2-4,8-9H2,1H3,(H,21,23)(H,22,25). The number of hydrogen-bond donors (Lipinski definition) is 2. The first kappa shape index (κ1) is 20.1. The van der Waals surface area contributed by atoms with E-state index in [2.05, 4.69) is 42.8 Å². The summed E-state index contributed by atoms with van der Waals surface area (Å²) >= 11 is 6.19. The number of rotatable bonds is 6. The van der Waals surface area contributed by atoms with E-state index in [4.69, 9.17) is 0 Å². The number of anilines is 2. The fraction of sp³-hybridized carbons (Fsp3) is 0.444. The number of nitrogens with one attached hydrogen (secondary N) is 2. The van der Waals surface area contributed by atoms with Crippen LogP contribution < -0.4 is 10.6 Å². The van der Waals surface area contributed by atoms with Crippen molar-refractivity contribution < 1.29 is 4.79 Å². The highest BCUT2D eigenvalue weighted by Gasteiger charge is 2.35. The maximum atomic E-state index is 12.6. The van der Waals surface area contributed by atoms with Gasteiger partial charge in [0.2, 0.25) is 11.0 Å². The van der Waals surface area contributed by atoms with Gasteiger partial charge in [0, 0.05) is 10.2 Å². The van der Waals surface area contributed by atoms with Crippen molar-refractivity contribution in [2.75, 3.05) is 5.32 Å². The second-order valence-corrected chi connectivity index (χ2v) is 9.99. The first-order valence-corrected chi connectivity index (χ1v) is 11.2. The largest absolute Gasteiger partial charge is 0.337 e. The van der Waals surface area contributed by atoms with Crippen LogP contribution in [0.2, 0.25) is 0 Å². The second-order valence-electron chi connectivity index (χ2n) is 6.51. The molecule has 1 amide bonds. The molecule has 1 aliphatic rings. The molecule has 27 heavy (non-hydrogen) atoms. The lowest BCUT2D eigenvalue weighted by Crippen LogP contribution is -2.50. The summed E-state index contributed by atoms with van der Waals surface area (Å²) in [4.78, 5) is 12.6. The lowest BCUT2D eigenvalue weighted by molar-refractivity contribution is -0.121. The molecule has 0 spiro atoms. The molecule has 1 aliphatic carbocycles. The van der Waals surface area contributed by atoms with Gasteiger partial charge in [-0.2, -0.15) is 5.26 Å². The second kappa shape index (κ2) is 9.04. The third-order valence-electron chi connectivity index (χ3n) is 4.41. The molecule has 1 unspecified atom stereocenters. The molecule has 1 saturated carbocycles. The molecule has 3 rings (SSSR count). The molecule has 0 saturated heterocycles. The molecule has 0 radical (unpaired) electrons. The zero-order valence-corrected chi connectivity index (χ0v) is 18.1. The van der Waals surface area contributed by atoms with Gasteiger partial charge in [-0.25, -0.2) is 0 Å². The SMILES string of the molecule is CC(Sc1nnc(Nc2cccc(Br)c2)s1)C(=O)NC1(C#N)CCCCC1. The summed E-state index contributed by atoms with van der Waals surface area (Å²) in [6.07, 6.45) is 4.55. The van der Waals surface area contributed by atoms with Crippen molar-refractivity contribution >= 4 is 55.8 Å². The molecule has 2 N–H and O–H groups in total. The molecule has 1 aromatic heterocycles. The number of nitrogens with zero attached hydrogens (tertiary/aromatic N) is 3. The number of hydrogen-bond acceptors (Lipinski definition) is 7. The Hall–Kier alpha value is -1.63. The van der Waals surface area contributed by atoms with E-state index in [1.807, 2.05) is 31.2 Å². The first-order valence-electron chi connectivity index (χ1n) is 8.76. The van der Waals surface area contributed by atoms with E-state index in [9.17, 15) is 10.1 Å². The molecule has 1 heterocycles. The van der Waals surface area contributed by atoms with Crippen molar-refractivity contribution in [2.45, 2.75) is 54.2 Å². The van der Waals surface area contributed by atoms with Gasteiger partial charge in [-0.3, -0.25) is 4.79 Å². The van der Waals surface area contributed by atoms with Gasteiger partial charge in [0.1, 0.15) is 5.54 Å². The van der Waals surface area contributed by atoms with E-state index in [0.29, 0.717) is 9.47 Å². The van der Waals surface area contributed by atoms with Crippen LogP contribution in [0, 0.1) is 11.3 Å². The highest BCUT2D eigenvalue weighted by atomic mass is 79.9. The van der Waals surface area contributed by atoms with Crippen LogP contribution in [0.25, 0.3) is 0 Å². The third kappa shape index (κ3) is 5.43. The molecular weight excluding hydrogens is 446 g/mol. The summed E-state index contributed by atoms with van der Waals surface area (Å²) < 4.78 is 1.69. The Morgan fingerprint density at radius 3 is 2.85 bits per heavy atom. The Kier molecular flexibility index (Phi) is 6.73. The Bertz CT molecular complexity index is 844. The summed E-state index contributed by atoms with van der Waals surface area (Å²) in [6, 6.07) is 10.1. The minimum absolute atomic E-state index is 0.125. The van der Waals surface area contributed by atoms with Crippen molar-refractivity contribution in [3.63, 3.8) is 0 Å². The smallest absolute Gasteiger partial charge is 0.234 e. The fourth-order valence-electron chi connectivity index (χ4n) is 2.96. The molecule has 1 fully saturated rings. The average Bonchev–Trinajstić information content (AvgIpc) is 3.09. The predicted molar refractivity (Wildman–Crippen MR) is 112 cm³/mol. The van der Waals surface area contributed by atoms with E-state index in [1.54, 1.807) is 0 Å². The zero-order chi connectivity index (χ0) is 19.3. The van der Waals surface area contributed by atoms with E-state index in [0.717, 1.165) is 42.3 Å². The molecule has 2 aromatic rings. The van der Waals surface area contributed by atoms with E-state index >= 15 is 0 Å². The molecule has 142 valence electrons. The Morgan fingerprint density at radius 1 is 1.37 bits per heavy atom. The lowest BCUT2D eigenvalue weighted by Gasteiger charge is -2.32. The zero-order valence-electron chi connectivity index (χ0n) is 14.9. The fourth-order valence-corrected chi connectivity index (χ4v) is 5.28. The molecular formula is C18H20BrN5OS2. The van der Waals surface area contributed by atoms with Crippen LogP contribution in [0.15, 0.2) is 33.1 Å². The summed E-state index contributed by atoms with van der Waals surface area (Å²) in [6.45, 7) is 1.83. The first-order chi connectivity index (χ1) is 13.0. The summed E-state index contributed by atoms with van der Waals surface area (Å²) in [5, 5.41) is 24.3. The maximum absolute atomic E-state index is 12.6. The molecule has 0 aliphatic heterocycles. The minimum atomic E-state index is -0.710. The van der Waals surface area contributed by atoms with Crippen molar-refractivity contribution in [2.24, 2.45) is 0 Å². The van der Waals surface area contributed by atoms with Gasteiger partial charge in [-0.15, -0.1) is 10.2 Å². The van der Waals surface area contributed by atoms with Crippen molar-refractivity contribution in [1.82, 2.24) is 15.5 Å². The number of carbonyl (C=O) groups excluding carboxylic acids is 1. The van der Waals surface area contributed by atoms with Crippen LogP contribution in [-0.4, -0.2) is 26.9 Å². The number of carbonyl (C=O) groups is 1. The van der Waals surface area contributed by atoms with E-state index in [1.165, 1.54) is 23.1 Å². The quantitative estimate of drug-likeness (QED) is 0.591. The van der Waals surface area contributed by atoms with Crippen LogP contribution in [0.1, 0.15) is 39.0 Å². The normalized spacial score (nSPS) is 16.9. The predicted octanol–water partition coefficient (Wildman–Crippen LogP) is 4.87. The average molecular weight is 466 g/mol. The number of nitriles is 1. The third-order valence-corrected chi connectivity index (χ3v) is 6.93. The molecule has 9 heteroatoms. The highest BCUT2D eigenvalue weighted by Crippen LogP contribution is 2.32. The Balaban J connectivity index is 1.57. The van der Waals surface area contributed by atoms with Gasteiger partial charge in [0.25, 0.3) is 0 Å². The van der Waals surface area contributed by atoms with Crippen molar-refractivity contribution in [3.05, 3.63) is 28.7 Å². The number of aromatic nitrogens is 2. The maximum Gasteiger partial charge on any atom is 0.234 e. The summed E-state index contributed by atoms with van der Waals surface area (Å²) in [5.74, 6) is -0.125. The van der Waals surface area contributed by atoms with Crippen molar-refractivity contribution in [3.8, 4) is 6.07 Å². The van der Waals surface area contributed by atoms with Gasteiger partial charge in [-0.1, -0.05) is 64.4 Å². The summed E-state index contributed by atoms with van der Waals surface area (Å²) in [7, 11) is 0. The molecule has 0 bridgehead atoms. The number of halogens is 1. The minimum Gasteiger partial charge on any atom is -0.337 e. The van der Waals surface area contributed by atoms with Gasteiger partial charge in [0.05, 0.1) is 11.3 Å². The number of benzene rings is 1. The lowest BCUT2D eigenvalue weighted by atomic mass is 9.83. The molecule has 1 aromatic carbocycles. The number of thioether (sulfide) groups is 1. The van der Waals surface area contributed by atoms with Gasteiger partial charge < -0.3 is 10.6 Å². The molecule has 1 atom stereocenters. The van der Waals surface area contributed by atoms with Gasteiger partial charge >= 0.3 is 0 Å². The van der Waals surface area contributed by atoms with E-state index in [-0.39, 0.29) is 11.2 Å². The van der Waals surface area contributed by atoms with Crippen LogP contribution in [0.4, 0.5) is 10.8 Å². The summed E-state index contributed by atoms with van der Waals surface area (Å²) in [5.41, 5.74) is 0.203. The topological polar surface area (TPSA) is 90.7 Å². The highest BCUT2D eigenvalue weighted by molar-refractivity contribution is 9.10. The van der Waals surface area contributed by atoms with Crippen LogP contribution in [0.5, 0.6) is 0 Å². The van der Waals surface area contributed by atoms with Crippen LogP contribution in [-0.2, 0) is 4.79 Å². The van der Waals surface area contributed by atoms with Crippen LogP contribution in [0.3, 0.4) is 0 Å².